The van der Waals surface area contributed by atoms with Crippen LogP contribution in [0.4, 0.5) is 0 Å². The molecule has 0 saturated carbocycles. The summed E-state index contributed by atoms with van der Waals surface area (Å²) in [5, 5.41) is 9.75. The van der Waals surface area contributed by atoms with E-state index in [2.05, 4.69) is 4.99 Å². The van der Waals surface area contributed by atoms with Crippen LogP contribution in [0.15, 0.2) is 69.6 Å². The van der Waals surface area contributed by atoms with E-state index < -0.39 is 12.0 Å². The standard InChI is InChI=1S/C24H22N2O5S/c1-4-31-23(29)20-14(2)25-24-26(21(20)16-8-10-18(30-3)11-9-16)22(28)19(32-24)13-15-6-5-7-17(27)12-15/h5-13,21,27H,4H2,1-3H3/b19-13-/t21-/m0/s1. The van der Waals surface area contributed by atoms with Crippen LogP contribution in [-0.4, -0.2) is 29.4 Å². The Hall–Kier alpha value is -3.65. The Labute approximate surface area is 188 Å². The van der Waals surface area contributed by atoms with Gasteiger partial charge in [-0.2, -0.15) is 0 Å². The topological polar surface area (TPSA) is 90.1 Å². The van der Waals surface area contributed by atoms with Gasteiger partial charge in [-0.25, -0.2) is 9.79 Å². The molecular weight excluding hydrogens is 428 g/mol. The molecule has 7 nitrogen and oxygen atoms in total. The van der Waals surface area contributed by atoms with Crippen molar-refractivity contribution in [2.75, 3.05) is 13.7 Å². The van der Waals surface area contributed by atoms with Crippen molar-refractivity contribution in [3.05, 3.63) is 90.6 Å². The second kappa shape index (κ2) is 8.84. The number of hydrogen-bond acceptors (Lipinski definition) is 7. The van der Waals surface area contributed by atoms with Crippen LogP contribution in [0.3, 0.4) is 0 Å². The Morgan fingerprint density at radius 1 is 1.25 bits per heavy atom. The fourth-order valence-electron chi connectivity index (χ4n) is 3.66. The van der Waals surface area contributed by atoms with Crippen LogP contribution >= 0.6 is 11.3 Å². The zero-order valence-corrected chi connectivity index (χ0v) is 18.7. The Kier molecular flexibility index (Phi) is 5.96. The van der Waals surface area contributed by atoms with Crippen LogP contribution in [0.2, 0.25) is 0 Å². The van der Waals surface area contributed by atoms with Gasteiger partial charge >= 0.3 is 5.97 Å². The number of thiazole rings is 1. The van der Waals surface area contributed by atoms with Gasteiger partial charge in [0.1, 0.15) is 11.5 Å². The molecule has 0 spiro atoms. The monoisotopic (exact) mass is 450 g/mol. The van der Waals surface area contributed by atoms with Gasteiger partial charge in [-0.3, -0.25) is 9.36 Å². The summed E-state index contributed by atoms with van der Waals surface area (Å²) in [4.78, 5) is 31.4. The molecule has 2 heterocycles. The van der Waals surface area contributed by atoms with E-state index in [0.29, 0.717) is 31.9 Å². The lowest BCUT2D eigenvalue weighted by Gasteiger charge is -2.24. The minimum atomic E-state index is -0.678. The predicted octanol–water partition coefficient (Wildman–Crippen LogP) is 2.51. The highest BCUT2D eigenvalue weighted by Crippen LogP contribution is 2.31. The minimum Gasteiger partial charge on any atom is -0.508 e. The Balaban J connectivity index is 1.94. The highest BCUT2D eigenvalue weighted by atomic mass is 32.1. The maximum atomic E-state index is 13.5. The number of hydrogen-bond donors (Lipinski definition) is 1. The smallest absolute Gasteiger partial charge is 0.338 e. The lowest BCUT2D eigenvalue weighted by Crippen LogP contribution is -2.39. The molecule has 0 bridgehead atoms. The van der Waals surface area contributed by atoms with E-state index >= 15 is 0 Å². The molecule has 0 unspecified atom stereocenters. The molecule has 8 heteroatoms. The lowest BCUT2D eigenvalue weighted by molar-refractivity contribution is -0.139. The number of phenols is 1. The zero-order chi connectivity index (χ0) is 22.8. The maximum absolute atomic E-state index is 13.5. The van der Waals surface area contributed by atoms with Crippen molar-refractivity contribution in [2.24, 2.45) is 4.99 Å². The quantitative estimate of drug-likeness (QED) is 0.604. The van der Waals surface area contributed by atoms with Crippen LogP contribution in [0.25, 0.3) is 6.08 Å². The van der Waals surface area contributed by atoms with Gasteiger partial charge in [0.15, 0.2) is 4.80 Å². The van der Waals surface area contributed by atoms with Crippen molar-refractivity contribution in [1.29, 1.82) is 0 Å². The first kappa shape index (κ1) is 21.6. The van der Waals surface area contributed by atoms with Gasteiger partial charge in [-0.05, 0) is 55.3 Å². The molecular formula is C24H22N2O5S. The van der Waals surface area contributed by atoms with Gasteiger partial charge < -0.3 is 14.6 Å². The molecule has 1 N–H and O–H groups in total. The molecule has 3 aromatic rings. The van der Waals surface area contributed by atoms with Crippen LogP contribution in [0.1, 0.15) is 31.0 Å². The van der Waals surface area contributed by atoms with Crippen LogP contribution in [0, 0.1) is 0 Å². The summed E-state index contributed by atoms with van der Waals surface area (Å²) in [5.41, 5.74) is 2.00. The third-order valence-corrected chi connectivity index (χ3v) is 6.10. The molecule has 4 rings (SSSR count). The summed E-state index contributed by atoms with van der Waals surface area (Å²) in [6, 6.07) is 13.2. The molecule has 0 fully saturated rings. The highest BCUT2D eigenvalue weighted by molar-refractivity contribution is 7.07. The predicted molar refractivity (Wildman–Crippen MR) is 121 cm³/mol. The van der Waals surface area contributed by atoms with E-state index in [4.69, 9.17) is 9.47 Å². The summed E-state index contributed by atoms with van der Waals surface area (Å²) in [7, 11) is 1.58. The number of aromatic hydroxyl groups is 1. The first-order chi connectivity index (χ1) is 15.4. The fraction of sp³-hybridized carbons (Fsp3) is 0.208. The molecule has 0 aliphatic carbocycles. The number of allylic oxidation sites excluding steroid dienone is 1. The first-order valence-corrected chi connectivity index (χ1v) is 10.9. The second-order valence-corrected chi connectivity index (χ2v) is 8.18. The number of phenolic OH excluding ortho intramolecular Hbond substituents is 1. The van der Waals surface area contributed by atoms with Crippen molar-refractivity contribution >= 4 is 23.4 Å². The summed E-state index contributed by atoms with van der Waals surface area (Å²) >= 11 is 1.24. The van der Waals surface area contributed by atoms with Gasteiger partial charge in [0, 0.05) is 0 Å². The molecule has 1 aliphatic rings. The van der Waals surface area contributed by atoms with Crippen LogP contribution in [0.5, 0.6) is 11.5 Å². The maximum Gasteiger partial charge on any atom is 0.338 e. The summed E-state index contributed by atoms with van der Waals surface area (Å²) in [5.74, 6) is 0.281. The summed E-state index contributed by atoms with van der Waals surface area (Å²) < 4.78 is 12.5. The van der Waals surface area contributed by atoms with E-state index in [0.717, 1.165) is 5.56 Å². The average molecular weight is 451 g/mol. The number of fused-ring (bicyclic) bond motifs is 1. The van der Waals surface area contributed by atoms with E-state index in [1.807, 2.05) is 12.1 Å². The van der Waals surface area contributed by atoms with Gasteiger partial charge in [0.05, 0.1) is 35.6 Å². The second-order valence-electron chi connectivity index (χ2n) is 7.17. The number of rotatable bonds is 5. The first-order valence-electron chi connectivity index (χ1n) is 10.1. The zero-order valence-electron chi connectivity index (χ0n) is 17.9. The van der Waals surface area contributed by atoms with Crippen LogP contribution < -0.4 is 19.6 Å². The Morgan fingerprint density at radius 2 is 2.00 bits per heavy atom. The van der Waals surface area contributed by atoms with Crippen LogP contribution in [-0.2, 0) is 9.53 Å². The van der Waals surface area contributed by atoms with Gasteiger partial charge in [0.25, 0.3) is 5.56 Å². The molecule has 0 saturated heterocycles. The number of nitrogens with zero attached hydrogens (tertiary/aromatic N) is 2. The molecule has 0 amide bonds. The Bertz CT molecular complexity index is 1380. The van der Waals surface area contributed by atoms with Crippen molar-refractivity contribution in [2.45, 2.75) is 19.9 Å². The molecule has 2 aromatic carbocycles. The van der Waals surface area contributed by atoms with Crippen molar-refractivity contribution < 1.29 is 19.4 Å². The number of methoxy groups -OCH3 is 1. The van der Waals surface area contributed by atoms with Crippen molar-refractivity contribution in [3.8, 4) is 11.5 Å². The molecule has 0 radical (unpaired) electrons. The number of ether oxygens (including phenoxy) is 2. The third kappa shape index (κ3) is 3.97. The van der Waals surface area contributed by atoms with Gasteiger partial charge in [-0.1, -0.05) is 35.6 Å². The SMILES string of the molecule is CCOC(=O)C1=C(C)N=c2s/c(=C\c3cccc(O)c3)c(=O)n2[C@H]1c1ccc(OC)cc1. The molecule has 164 valence electrons. The summed E-state index contributed by atoms with van der Waals surface area (Å²) in [6.07, 6.45) is 1.71. The largest absolute Gasteiger partial charge is 0.508 e. The fourth-order valence-corrected chi connectivity index (χ4v) is 4.71. The normalized spacial score (nSPS) is 15.8. The van der Waals surface area contributed by atoms with E-state index in [1.54, 1.807) is 63.4 Å². The molecule has 1 aromatic heterocycles. The van der Waals surface area contributed by atoms with Crippen molar-refractivity contribution in [3.63, 3.8) is 0 Å². The third-order valence-electron chi connectivity index (χ3n) is 5.12. The van der Waals surface area contributed by atoms with E-state index in [-0.39, 0.29) is 17.9 Å². The van der Waals surface area contributed by atoms with Gasteiger partial charge in [0.2, 0.25) is 0 Å². The highest BCUT2D eigenvalue weighted by Gasteiger charge is 2.33. The molecule has 1 aliphatic heterocycles. The Morgan fingerprint density at radius 3 is 2.66 bits per heavy atom. The van der Waals surface area contributed by atoms with Crippen molar-refractivity contribution in [1.82, 2.24) is 4.57 Å². The number of carbonyl (C=O) groups excluding carboxylic acids is 1. The minimum absolute atomic E-state index is 0.114. The van der Waals surface area contributed by atoms with E-state index in [9.17, 15) is 14.7 Å². The summed E-state index contributed by atoms with van der Waals surface area (Å²) in [6.45, 7) is 3.70. The molecule has 32 heavy (non-hydrogen) atoms. The lowest BCUT2D eigenvalue weighted by atomic mass is 9.96. The number of esters is 1. The van der Waals surface area contributed by atoms with Gasteiger partial charge in [-0.15, -0.1) is 0 Å². The number of aromatic nitrogens is 1. The molecule has 1 atom stereocenters. The average Bonchev–Trinajstić information content (AvgIpc) is 3.07. The number of benzene rings is 2. The number of carbonyl (C=O) groups is 1. The van der Waals surface area contributed by atoms with E-state index in [1.165, 1.54) is 15.9 Å².